The number of thiocarbonyl (C=S) groups is 1. The van der Waals surface area contributed by atoms with E-state index in [1.54, 1.807) is 30.3 Å². The molecule has 2 amide bonds. The number of carbonyl (C=O) groups excluding carboxylic acids is 2. The average Bonchev–Trinajstić information content (AvgIpc) is 2.66. The quantitative estimate of drug-likeness (QED) is 0.446. The standard InChI is InChI=1S/C20H21Cl2N3O3S/c1-12(2)9-10-28-15-6-3-13(4-7-15)18(26)23-20(29)25-24-19(27)16-8-5-14(21)11-17(16)22/h3-8,11-12H,9-10H2,1-2H3,(H,24,27)(H2,23,25,26,29). The minimum atomic E-state index is -0.522. The molecule has 9 heteroatoms. The third-order valence-electron chi connectivity index (χ3n) is 3.77. The summed E-state index contributed by atoms with van der Waals surface area (Å²) in [4.78, 5) is 24.4. The molecule has 154 valence electrons. The fourth-order valence-electron chi connectivity index (χ4n) is 2.18. The Morgan fingerprint density at radius 2 is 1.72 bits per heavy atom. The summed E-state index contributed by atoms with van der Waals surface area (Å²) >= 11 is 16.8. The van der Waals surface area contributed by atoms with Crippen LogP contribution in [0.15, 0.2) is 42.5 Å². The molecule has 0 heterocycles. The maximum absolute atomic E-state index is 12.2. The van der Waals surface area contributed by atoms with E-state index in [4.69, 9.17) is 40.2 Å². The second kappa shape index (κ2) is 11.0. The predicted octanol–water partition coefficient (Wildman–Crippen LogP) is 4.37. The van der Waals surface area contributed by atoms with Gasteiger partial charge >= 0.3 is 0 Å². The van der Waals surface area contributed by atoms with E-state index in [0.717, 1.165) is 6.42 Å². The second-order valence-corrected chi connectivity index (χ2v) is 7.79. The molecule has 3 N–H and O–H groups in total. The van der Waals surface area contributed by atoms with Gasteiger partial charge in [0.25, 0.3) is 11.8 Å². The van der Waals surface area contributed by atoms with Gasteiger partial charge in [-0.1, -0.05) is 37.0 Å². The number of halogens is 2. The number of benzene rings is 2. The van der Waals surface area contributed by atoms with Gasteiger partial charge in [0, 0.05) is 10.6 Å². The Kier molecular flexibility index (Phi) is 8.70. The van der Waals surface area contributed by atoms with Crippen LogP contribution in [0.1, 0.15) is 41.0 Å². The van der Waals surface area contributed by atoms with Crippen molar-refractivity contribution in [3.05, 3.63) is 63.6 Å². The highest BCUT2D eigenvalue weighted by Gasteiger charge is 2.12. The minimum Gasteiger partial charge on any atom is -0.494 e. The van der Waals surface area contributed by atoms with Gasteiger partial charge in [-0.2, -0.15) is 0 Å². The van der Waals surface area contributed by atoms with Gasteiger partial charge in [-0.05, 0) is 67.0 Å². The summed E-state index contributed by atoms with van der Waals surface area (Å²) in [7, 11) is 0. The molecule has 2 rings (SSSR count). The van der Waals surface area contributed by atoms with E-state index in [0.29, 0.717) is 28.9 Å². The van der Waals surface area contributed by atoms with Gasteiger partial charge in [0.2, 0.25) is 0 Å². The topological polar surface area (TPSA) is 79.5 Å². The highest BCUT2D eigenvalue weighted by molar-refractivity contribution is 7.80. The molecule has 0 aliphatic carbocycles. The number of carbonyl (C=O) groups is 2. The van der Waals surface area contributed by atoms with Gasteiger partial charge in [0.05, 0.1) is 17.2 Å². The summed E-state index contributed by atoms with van der Waals surface area (Å²) in [5.74, 6) is 0.306. The molecule has 0 atom stereocenters. The van der Waals surface area contributed by atoms with Crippen molar-refractivity contribution in [2.75, 3.05) is 6.61 Å². The second-order valence-electron chi connectivity index (χ2n) is 6.54. The van der Waals surface area contributed by atoms with Gasteiger partial charge in [-0.25, -0.2) is 0 Å². The van der Waals surface area contributed by atoms with Crippen molar-refractivity contribution >= 4 is 52.3 Å². The van der Waals surface area contributed by atoms with E-state index < -0.39 is 11.8 Å². The minimum absolute atomic E-state index is 0.0642. The summed E-state index contributed by atoms with van der Waals surface area (Å²) < 4.78 is 5.62. The Morgan fingerprint density at radius 3 is 2.34 bits per heavy atom. The molecular weight excluding hydrogens is 433 g/mol. The first-order chi connectivity index (χ1) is 13.8. The van der Waals surface area contributed by atoms with E-state index in [-0.39, 0.29) is 15.7 Å². The molecule has 0 aromatic heterocycles. The van der Waals surface area contributed by atoms with E-state index in [1.165, 1.54) is 12.1 Å². The van der Waals surface area contributed by atoms with Crippen molar-refractivity contribution in [3.63, 3.8) is 0 Å². The summed E-state index contributed by atoms with van der Waals surface area (Å²) in [5.41, 5.74) is 5.44. The first-order valence-corrected chi connectivity index (χ1v) is 10.0. The van der Waals surface area contributed by atoms with Gasteiger partial charge in [-0.3, -0.25) is 25.8 Å². The number of rotatable bonds is 6. The smallest absolute Gasteiger partial charge is 0.271 e. The van der Waals surface area contributed by atoms with Crippen LogP contribution in [0.4, 0.5) is 0 Å². The van der Waals surface area contributed by atoms with E-state index >= 15 is 0 Å². The molecule has 0 bridgehead atoms. The highest BCUT2D eigenvalue weighted by atomic mass is 35.5. The van der Waals surface area contributed by atoms with E-state index in [9.17, 15) is 9.59 Å². The third kappa shape index (κ3) is 7.53. The summed E-state index contributed by atoms with van der Waals surface area (Å²) in [5, 5.41) is 3.02. The van der Waals surface area contributed by atoms with Gasteiger partial charge < -0.3 is 4.74 Å². The van der Waals surface area contributed by atoms with Crippen LogP contribution >= 0.6 is 35.4 Å². The highest BCUT2D eigenvalue weighted by Crippen LogP contribution is 2.20. The van der Waals surface area contributed by atoms with Crippen LogP contribution in [-0.4, -0.2) is 23.5 Å². The number of nitrogens with one attached hydrogen (secondary N) is 3. The summed E-state index contributed by atoms with van der Waals surface area (Å²) in [6.07, 6.45) is 0.954. The summed E-state index contributed by atoms with van der Waals surface area (Å²) in [6.45, 7) is 4.87. The molecule has 0 spiro atoms. The fourth-order valence-corrected chi connectivity index (χ4v) is 2.81. The first-order valence-electron chi connectivity index (χ1n) is 8.86. The SMILES string of the molecule is CC(C)CCOc1ccc(C(=O)NC(=S)NNC(=O)c2ccc(Cl)cc2Cl)cc1. The van der Waals surface area contributed by atoms with Gasteiger partial charge in [0.1, 0.15) is 5.75 Å². The van der Waals surface area contributed by atoms with Crippen molar-refractivity contribution in [1.82, 2.24) is 16.2 Å². The maximum Gasteiger partial charge on any atom is 0.271 e. The van der Waals surface area contributed by atoms with Crippen molar-refractivity contribution in [1.29, 1.82) is 0 Å². The number of amides is 2. The molecule has 0 fully saturated rings. The molecule has 0 unspecified atom stereocenters. The van der Waals surface area contributed by atoms with Gasteiger partial charge in [-0.15, -0.1) is 0 Å². The van der Waals surface area contributed by atoms with Crippen molar-refractivity contribution < 1.29 is 14.3 Å². The molecule has 0 saturated carbocycles. The van der Waals surface area contributed by atoms with Gasteiger partial charge in [0.15, 0.2) is 5.11 Å². The Hall–Kier alpha value is -2.35. The van der Waals surface area contributed by atoms with Crippen LogP contribution in [0.25, 0.3) is 0 Å². The average molecular weight is 454 g/mol. The number of hydrogen-bond donors (Lipinski definition) is 3. The molecule has 2 aromatic rings. The number of ether oxygens (including phenoxy) is 1. The lowest BCUT2D eigenvalue weighted by Crippen LogP contribution is -2.48. The lowest BCUT2D eigenvalue weighted by molar-refractivity contribution is 0.0934. The Balaban J connectivity index is 1.82. The number of hydrogen-bond acceptors (Lipinski definition) is 4. The lowest BCUT2D eigenvalue weighted by atomic mass is 10.1. The maximum atomic E-state index is 12.2. The zero-order valence-electron chi connectivity index (χ0n) is 15.9. The van der Waals surface area contributed by atoms with E-state index in [1.807, 2.05) is 0 Å². The van der Waals surface area contributed by atoms with Crippen LogP contribution in [0, 0.1) is 5.92 Å². The molecule has 0 saturated heterocycles. The monoisotopic (exact) mass is 453 g/mol. The Morgan fingerprint density at radius 1 is 1.03 bits per heavy atom. The molecule has 0 radical (unpaired) electrons. The Labute approximate surface area is 184 Å². The summed E-state index contributed by atoms with van der Waals surface area (Å²) in [6, 6.07) is 11.2. The molecule has 6 nitrogen and oxygen atoms in total. The third-order valence-corrected chi connectivity index (χ3v) is 4.52. The molecular formula is C20H21Cl2N3O3S. The van der Waals surface area contributed by atoms with Crippen molar-refractivity contribution in [2.24, 2.45) is 5.92 Å². The zero-order valence-corrected chi connectivity index (χ0v) is 18.3. The lowest BCUT2D eigenvalue weighted by Gasteiger charge is -2.12. The zero-order chi connectivity index (χ0) is 21.4. The van der Waals surface area contributed by atoms with Crippen LogP contribution in [-0.2, 0) is 0 Å². The molecule has 29 heavy (non-hydrogen) atoms. The largest absolute Gasteiger partial charge is 0.494 e. The van der Waals surface area contributed by atoms with Crippen LogP contribution < -0.4 is 20.9 Å². The van der Waals surface area contributed by atoms with Crippen LogP contribution in [0.2, 0.25) is 10.0 Å². The number of hydrazine groups is 1. The van der Waals surface area contributed by atoms with E-state index in [2.05, 4.69) is 30.0 Å². The molecule has 0 aliphatic heterocycles. The molecule has 0 aliphatic rings. The van der Waals surface area contributed by atoms with Crippen LogP contribution in [0.3, 0.4) is 0 Å². The normalized spacial score (nSPS) is 10.4. The van der Waals surface area contributed by atoms with Crippen molar-refractivity contribution in [2.45, 2.75) is 20.3 Å². The fraction of sp³-hybridized carbons (Fsp3) is 0.250. The van der Waals surface area contributed by atoms with Crippen LogP contribution in [0.5, 0.6) is 5.75 Å². The molecule has 2 aromatic carbocycles. The van der Waals surface area contributed by atoms with Crippen molar-refractivity contribution in [3.8, 4) is 5.75 Å². The predicted molar refractivity (Wildman–Crippen MR) is 119 cm³/mol. The Bertz CT molecular complexity index is 889. The first kappa shape index (κ1) is 22.9.